The van der Waals surface area contributed by atoms with Crippen LogP contribution in [-0.4, -0.2) is 28.3 Å². The normalized spacial score (nSPS) is 21.4. The van der Waals surface area contributed by atoms with Crippen molar-refractivity contribution in [1.82, 2.24) is 15.1 Å². The molecule has 2 N–H and O–H groups in total. The summed E-state index contributed by atoms with van der Waals surface area (Å²) in [5, 5.41) is 10.9. The maximum absolute atomic E-state index is 12.4. The summed E-state index contributed by atoms with van der Waals surface area (Å²) in [5.41, 5.74) is 2.63. The molecule has 1 aromatic heterocycles. The van der Waals surface area contributed by atoms with E-state index in [0.29, 0.717) is 17.5 Å². The molecular weight excluding hydrogens is 360 g/mol. The molecule has 0 spiro atoms. The Morgan fingerprint density at radius 3 is 2.52 bits per heavy atom. The predicted octanol–water partition coefficient (Wildman–Crippen LogP) is 4.17. The number of carbonyl (C=O) groups excluding carboxylic acids is 1. The number of hydrogen-bond donors (Lipinski definition) is 2. The van der Waals surface area contributed by atoms with Crippen LogP contribution in [0.2, 0.25) is 0 Å². The van der Waals surface area contributed by atoms with Gasteiger partial charge in [0.1, 0.15) is 0 Å². The molecule has 6 heteroatoms. The van der Waals surface area contributed by atoms with Crippen molar-refractivity contribution in [2.45, 2.75) is 57.5 Å². The Labute approximate surface area is 167 Å². The molecule has 1 amide bonds. The molecule has 27 heavy (non-hydrogen) atoms. The Morgan fingerprint density at radius 2 is 1.93 bits per heavy atom. The third-order valence-electron chi connectivity index (χ3n) is 5.28. The molecule has 0 saturated heterocycles. The van der Waals surface area contributed by atoms with Crippen molar-refractivity contribution in [1.29, 1.82) is 0 Å². The minimum atomic E-state index is -0.130. The summed E-state index contributed by atoms with van der Waals surface area (Å²) >= 11 is 0. The van der Waals surface area contributed by atoms with Crippen molar-refractivity contribution in [3.05, 3.63) is 47.8 Å². The van der Waals surface area contributed by atoms with E-state index in [1.165, 1.54) is 31.4 Å². The first-order chi connectivity index (χ1) is 12.4. The molecule has 146 valence electrons. The van der Waals surface area contributed by atoms with Crippen LogP contribution in [-0.2, 0) is 5.54 Å². The number of hydrogen-bond acceptors (Lipinski definition) is 3. The molecule has 5 nitrogen and oxygen atoms in total. The van der Waals surface area contributed by atoms with Gasteiger partial charge in [0.25, 0.3) is 5.91 Å². The van der Waals surface area contributed by atoms with Gasteiger partial charge >= 0.3 is 0 Å². The van der Waals surface area contributed by atoms with E-state index in [-0.39, 0.29) is 23.9 Å². The zero-order valence-electron chi connectivity index (χ0n) is 16.2. The van der Waals surface area contributed by atoms with E-state index < -0.39 is 0 Å². The fourth-order valence-electron chi connectivity index (χ4n) is 3.25. The number of rotatable bonds is 6. The molecule has 1 heterocycles. The second-order valence-corrected chi connectivity index (χ2v) is 8.72. The number of nitrogens with zero attached hydrogens (tertiary/aromatic N) is 2. The second kappa shape index (κ2) is 7.64. The van der Waals surface area contributed by atoms with E-state index in [1.807, 2.05) is 16.8 Å². The molecule has 2 fully saturated rings. The lowest BCUT2D eigenvalue weighted by Gasteiger charge is -2.18. The van der Waals surface area contributed by atoms with Gasteiger partial charge in [-0.15, -0.1) is 12.4 Å². The first-order valence-electron chi connectivity index (χ1n) is 9.60. The molecule has 1 aromatic carbocycles. The van der Waals surface area contributed by atoms with Crippen LogP contribution in [0.3, 0.4) is 0 Å². The first-order valence-corrected chi connectivity index (χ1v) is 9.60. The third-order valence-corrected chi connectivity index (χ3v) is 5.28. The lowest BCUT2D eigenvalue weighted by atomic mass is 10.1. The number of aromatic nitrogens is 2. The van der Waals surface area contributed by atoms with Crippen LogP contribution in [0.15, 0.2) is 36.7 Å². The maximum atomic E-state index is 12.4. The molecule has 2 atom stereocenters. The zero-order valence-corrected chi connectivity index (χ0v) is 17.1. The summed E-state index contributed by atoms with van der Waals surface area (Å²) in [7, 11) is 0. The number of nitrogens with one attached hydrogen (secondary N) is 2. The Balaban J connectivity index is 0.00000210. The Bertz CT molecular complexity index is 789. The highest BCUT2D eigenvalue weighted by molar-refractivity contribution is 6.03. The van der Waals surface area contributed by atoms with Crippen molar-refractivity contribution in [2.24, 2.45) is 5.92 Å². The minimum Gasteiger partial charge on any atom is -0.322 e. The van der Waals surface area contributed by atoms with E-state index in [0.717, 1.165) is 11.6 Å². The second-order valence-electron chi connectivity index (χ2n) is 8.72. The molecule has 0 unspecified atom stereocenters. The fourth-order valence-corrected chi connectivity index (χ4v) is 3.25. The summed E-state index contributed by atoms with van der Waals surface area (Å²) in [6.07, 6.45) is 7.44. The number of anilines is 1. The summed E-state index contributed by atoms with van der Waals surface area (Å²) in [6, 6.07) is 8.91. The van der Waals surface area contributed by atoms with Gasteiger partial charge in [-0.25, -0.2) is 0 Å². The largest absolute Gasteiger partial charge is 0.322 e. The van der Waals surface area contributed by atoms with Crippen molar-refractivity contribution in [3.63, 3.8) is 0 Å². The van der Waals surface area contributed by atoms with E-state index >= 15 is 0 Å². The average Bonchev–Trinajstić information content (AvgIpc) is 3.50. The quantitative estimate of drug-likeness (QED) is 0.780. The SMILES string of the molecule is CC(C)(C)n1cc(C(=O)Nc2ccc([C@@H]3C[C@H]3NCC3CC3)cc2)cn1.Cl. The van der Waals surface area contributed by atoms with Crippen LogP contribution in [0, 0.1) is 5.92 Å². The summed E-state index contributed by atoms with van der Waals surface area (Å²) in [4.78, 5) is 12.4. The van der Waals surface area contributed by atoms with Gasteiger partial charge in [0.15, 0.2) is 0 Å². The third kappa shape index (κ3) is 4.90. The molecule has 2 saturated carbocycles. The minimum absolute atomic E-state index is 0. The lowest BCUT2D eigenvalue weighted by Crippen LogP contribution is -2.22. The molecule has 2 aliphatic carbocycles. The van der Waals surface area contributed by atoms with Gasteiger partial charge in [-0.1, -0.05) is 12.1 Å². The van der Waals surface area contributed by atoms with Gasteiger partial charge < -0.3 is 10.6 Å². The summed E-state index contributed by atoms with van der Waals surface area (Å²) in [5.74, 6) is 1.43. The van der Waals surface area contributed by atoms with Crippen molar-refractivity contribution in [2.75, 3.05) is 11.9 Å². The number of amides is 1. The Morgan fingerprint density at radius 1 is 1.22 bits per heavy atom. The monoisotopic (exact) mass is 388 g/mol. The number of carbonyl (C=O) groups is 1. The number of benzene rings is 1. The average molecular weight is 389 g/mol. The zero-order chi connectivity index (χ0) is 18.3. The van der Waals surface area contributed by atoms with Crippen LogP contribution in [0.25, 0.3) is 0 Å². The molecule has 0 bridgehead atoms. The van der Waals surface area contributed by atoms with Gasteiger partial charge in [-0.05, 0) is 70.2 Å². The van der Waals surface area contributed by atoms with E-state index in [1.54, 1.807) is 12.4 Å². The van der Waals surface area contributed by atoms with Crippen molar-refractivity contribution >= 4 is 24.0 Å². The van der Waals surface area contributed by atoms with E-state index in [9.17, 15) is 4.79 Å². The van der Waals surface area contributed by atoms with E-state index in [4.69, 9.17) is 0 Å². The summed E-state index contributed by atoms with van der Waals surface area (Å²) in [6.45, 7) is 7.36. The first kappa shape index (κ1) is 19.9. The lowest BCUT2D eigenvalue weighted by molar-refractivity contribution is 0.102. The number of halogens is 1. The molecule has 2 aromatic rings. The van der Waals surface area contributed by atoms with Crippen LogP contribution >= 0.6 is 12.4 Å². The van der Waals surface area contributed by atoms with Gasteiger partial charge in [0.05, 0.1) is 17.3 Å². The van der Waals surface area contributed by atoms with Gasteiger partial charge in [0.2, 0.25) is 0 Å². The van der Waals surface area contributed by atoms with E-state index in [2.05, 4.69) is 48.6 Å². The Kier molecular flexibility index (Phi) is 5.63. The highest BCUT2D eigenvalue weighted by Gasteiger charge is 2.38. The molecule has 4 rings (SSSR count). The van der Waals surface area contributed by atoms with Crippen molar-refractivity contribution in [3.8, 4) is 0 Å². The predicted molar refractivity (Wildman–Crippen MR) is 111 cm³/mol. The molecule has 2 aliphatic rings. The molecular formula is C21H29ClN4O. The van der Waals surface area contributed by atoms with Crippen LogP contribution in [0.5, 0.6) is 0 Å². The maximum Gasteiger partial charge on any atom is 0.258 e. The standard InChI is InChI=1S/C21H28N4O.ClH/c1-21(2,3)25-13-16(12-23-25)20(26)24-17-8-6-15(7-9-17)18-10-19(18)22-11-14-4-5-14;/h6-9,12-14,18-19,22H,4-5,10-11H2,1-3H3,(H,24,26);1H/t18-,19+;/m0./s1. The Hall–Kier alpha value is -1.85. The van der Waals surface area contributed by atoms with Crippen molar-refractivity contribution < 1.29 is 4.79 Å². The molecule has 0 aliphatic heterocycles. The molecule has 0 radical (unpaired) electrons. The topological polar surface area (TPSA) is 59.0 Å². The smallest absolute Gasteiger partial charge is 0.258 e. The summed E-state index contributed by atoms with van der Waals surface area (Å²) < 4.78 is 1.81. The fraction of sp³-hybridized carbons (Fsp3) is 0.524. The van der Waals surface area contributed by atoms with Crippen LogP contribution in [0.4, 0.5) is 5.69 Å². The van der Waals surface area contributed by atoms with Gasteiger partial charge in [0, 0.05) is 23.8 Å². The highest BCUT2D eigenvalue weighted by Crippen LogP contribution is 2.41. The van der Waals surface area contributed by atoms with Gasteiger partial charge in [-0.2, -0.15) is 5.10 Å². The highest BCUT2D eigenvalue weighted by atomic mass is 35.5. The van der Waals surface area contributed by atoms with Crippen LogP contribution in [0.1, 0.15) is 61.9 Å². The van der Waals surface area contributed by atoms with Crippen LogP contribution < -0.4 is 10.6 Å². The van der Waals surface area contributed by atoms with Gasteiger partial charge in [-0.3, -0.25) is 9.48 Å².